The van der Waals surface area contributed by atoms with E-state index < -0.39 is 12.1 Å². The molecule has 3 rings (SSSR count). The maximum atomic E-state index is 13.0. The third-order valence-corrected chi connectivity index (χ3v) is 4.77. The van der Waals surface area contributed by atoms with Crippen molar-refractivity contribution in [3.8, 4) is 5.75 Å². The van der Waals surface area contributed by atoms with E-state index in [4.69, 9.17) is 27.9 Å². The fourth-order valence-corrected chi connectivity index (χ4v) is 3.48. The molecule has 0 unspecified atom stereocenters. The number of hydrogen-bond donors (Lipinski definition) is 3. The molecule has 0 saturated carbocycles. The molecule has 0 fully saturated rings. The molecule has 8 heteroatoms. The molecule has 0 aliphatic carbocycles. The zero-order chi connectivity index (χ0) is 20.3. The Labute approximate surface area is 172 Å². The van der Waals surface area contributed by atoms with E-state index in [-0.39, 0.29) is 5.91 Å². The van der Waals surface area contributed by atoms with E-state index in [1.54, 1.807) is 49.4 Å². The highest BCUT2D eigenvalue weighted by Gasteiger charge is 2.32. The van der Waals surface area contributed by atoms with Gasteiger partial charge in [-0.3, -0.25) is 4.79 Å². The fourth-order valence-electron chi connectivity index (χ4n) is 2.96. The Morgan fingerprint density at radius 1 is 1.18 bits per heavy atom. The van der Waals surface area contributed by atoms with E-state index in [2.05, 4.69) is 16.0 Å². The zero-order valence-corrected chi connectivity index (χ0v) is 16.8. The van der Waals surface area contributed by atoms with Crippen LogP contribution >= 0.6 is 23.2 Å². The van der Waals surface area contributed by atoms with Gasteiger partial charge in [-0.1, -0.05) is 29.3 Å². The molecule has 6 nitrogen and oxygen atoms in total. The largest absolute Gasteiger partial charge is 0.494 e. The Balaban J connectivity index is 1.90. The molecule has 2 aromatic carbocycles. The van der Waals surface area contributed by atoms with Gasteiger partial charge in [-0.2, -0.15) is 0 Å². The Kier molecular flexibility index (Phi) is 6.11. The summed E-state index contributed by atoms with van der Waals surface area (Å²) < 4.78 is 5.40. The highest BCUT2D eigenvalue weighted by molar-refractivity contribution is 6.35. The van der Waals surface area contributed by atoms with Gasteiger partial charge in [-0.25, -0.2) is 4.79 Å². The number of amides is 3. The van der Waals surface area contributed by atoms with Crippen LogP contribution in [-0.4, -0.2) is 18.5 Å². The van der Waals surface area contributed by atoms with Gasteiger partial charge in [0, 0.05) is 21.4 Å². The number of urea groups is 1. The highest BCUT2D eigenvalue weighted by atomic mass is 35.5. The van der Waals surface area contributed by atoms with Gasteiger partial charge < -0.3 is 20.7 Å². The minimum absolute atomic E-state index is 0.356. The quantitative estimate of drug-likeness (QED) is 0.659. The molecule has 1 aliphatic heterocycles. The molecule has 1 aliphatic rings. The average Bonchev–Trinajstić information content (AvgIpc) is 2.63. The minimum Gasteiger partial charge on any atom is -0.494 e. The number of halogens is 2. The van der Waals surface area contributed by atoms with Crippen molar-refractivity contribution in [2.24, 2.45) is 0 Å². The molecular formula is C20H19Cl2N3O3. The maximum absolute atomic E-state index is 13.0. The molecule has 3 amide bonds. The summed E-state index contributed by atoms with van der Waals surface area (Å²) in [6, 6.07) is 10.9. The number of hydrogen-bond acceptors (Lipinski definition) is 3. The first-order valence-corrected chi connectivity index (χ1v) is 9.42. The van der Waals surface area contributed by atoms with Crippen LogP contribution in [0, 0.1) is 0 Å². The number of anilines is 1. The summed E-state index contributed by atoms with van der Waals surface area (Å²) in [5, 5.41) is 9.05. The van der Waals surface area contributed by atoms with Crippen LogP contribution in [0.2, 0.25) is 10.0 Å². The summed E-state index contributed by atoms with van der Waals surface area (Å²) in [6.07, 6.45) is 0. The SMILES string of the molecule is CCOc1ccc(NC(=O)C2=C(C)NC(=O)N[C@H]2c2ccc(Cl)cc2Cl)cc1. The van der Waals surface area contributed by atoms with Crippen LogP contribution in [0.4, 0.5) is 10.5 Å². The third kappa shape index (κ3) is 4.40. The van der Waals surface area contributed by atoms with Gasteiger partial charge in [0.15, 0.2) is 0 Å². The highest BCUT2D eigenvalue weighted by Crippen LogP contribution is 2.33. The molecule has 28 heavy (non-hydrogen) atoms. The Morgan fingerprint density at radius 2 is 1.89 bits per heavy atom. The molecule has 0 aromatic heterocycles. The number of nitrogens with one attached hydrogen (secondary N) is 3. The number of benzene rings is 2. The number of allylic oxidation sites excluding steroid dienone is 1. The topological polar surface area (TPSA) is 79.5 Å². The van der Waals surface area contributed by atoms with Crippen molar-refractivity contribution in [2.45, 2.75) is 19.9 Å². The minimum atomic E-state index is -0.707. The van der Waals surface area contributed by atoms with Crippen molar-refractivity contribution in [1.29, 1.82) is 0 Å². The van der Waals surface area contributed by atoms with Crippen LogP contribution in [0.25, 0.3) is 0 Å². The molecule has 146 valence electrons. The van der Waals surface area contributed by atoms with E-state index in [0.717, 1.165) is 0 Å². The lowest BCUT2D eigenvalue weighted by molar-refractivity contribution is -0.113. The fraction of sp³-hybridized carbons (Fsp3) is 0.200. The van der Waals surface area contributed by atoms with Crippen molar-refractivity contribution >= 4 is 40.8 Å². The van der Waals surface area contributed by atoms with Gasteiger partial charge in [0.05, 0.1) is 18.2 Å². The van der Waals surface area contributed by atoms with Gasteiger partial charge in [-0.15, -0.1) is 0 Å². The summed E-state index contributed by atoms with van der Waals surface area (Å²) >= 11 is 12.3. The zero-order valence-electron chi connectivity index (χ0n) is 15.3. The Morgan fingerprint density at radius 3 is 2.54 bits per heavy atom. The van der Waals surface area contributed by atoms with E-state index in [1.807, 2.05) is 6.92 Å². The second-order valence-corrected chi connectivity index (χ2v) is 6.99. The molecular weight excluding hydrogens is 401 g/mol. The normalized spacial score (nSPS) is 16.3. The van der Waals surface area contributed by atoms with E-state index in [0.29, 0.717) is 44.9 Å². The second kappa shape index (κ2) is 8.54. The number of carbonyl (C=O) groups excluding carboxylic acids is 2. The van der Waals surface area contributed by atoms with Crippen molar-refractivity contribution in [3.05, 3.63) is 69.3 Å². The lowest BCUT2D eigenvalue weighted by Crippen LogP contribution is -2.46. The molecule has 3 N–H and O–H groups in total. The molecule has 0 saturated heterocycles. The first-order chi connectivity index (χ1) is 13.4. The summed E-state index contributed by atoms with van der Waals surface area (Å²) in [5.74, 6) is 0.360. The molecule has 1 heterocycles. The van der Waals surface area contributed by atoms with E-state index in [9.17, 15) is 9.59 Å². The molecule has 2 aromatic rings. The smallest absolute Gasteiger partial charge is 0.319 e. The molecule has 0 bridgehead atoms. The van der Waals surface area contributed by atoms with Crippen LogP contribution in [0.3, 0.4) is 0 Å². The average molecular weight is 420 g/mol. The van der Waals surface area contributed by atoms with Gasteiger partial charge in [-0.05, 0) is 55.8 Å². The van der Waals surface area contributed by atoms with E-state index >= 15 is 0 Å². The predicted molar refractivity (Wildman–Crippen MR) is 110 cm³/mol. The molecule has 1 atom stereocenters. The summed E-state index contributed by atoms with van der Waals surface area (Å²) in [5.41, 5.74) is 1.99. The van der Waals surface area contributed by atoms with Crippen LogP contribution < -0.4 is 20.7 Å². The van der Waals surface area contributed by atoms with Crippen molar-refractivity contribution < 1.29 is 14.3 Å². The lowest BCUT2D eigenvalue weighted by Gasteiger charge is -2.29. The van der Waals surface area contributed by atoms with Gasteiger partial charge in [0.2, 0.25) is 0 Å². The first-order valence-electron chi connectivity index (χ1n) is 8.66. The molecule has 0 spiro atoms. The van der Waals surface area contributed by atoms with Gasteiger partial charge >= 0.3 is 6.03 Å². The molecule has 0 radical (unpaired) electrons. The summed E-state index contributed by atoms with van der Waals surface area (Å²) in [7, 11) is 0. The Hall–Kier alpha value is -2.70. The van der Waals surface area contributed by atoms with Crippen LogP contribution in [0.5, 0.6) is 5.75 Å². The van der Waals surface area contributed by atoms with Crippen molar-refractivity contribution in [3.63, 3.8) is 0 Å². The van der Waals surface area contributed by atoms with E-state index in [1.165, 1.54) is 0 Å². The van der Waals surface area contributed by atoms with Gasteiger partial charge in [0.25, 0.3) is 5.91 Å². The predicted octanol–water partition coefficient (Wildman–Crippen LogP) is 4.66. The number of ether oxygens (including phenoxy) is 1. The summed E-state index contributed by atoms with van der Waals surface area (Å²) in [4.78, 5) is 25.0. The standard InChI is InChI=1S/C20H19Cl2N3O3/c1-3-28-14-7-5-13(6-8-14)24-19(26)17-11(2)23-20(27)25-18(17)15-9-4-12(21)10-16(15)22/h4-10,18H,3H2,1-2H3,(H,24,26)(H2,23,25,27)/t18-/m0/s1. The first kappa shape index (κ1) is 20.0. The van der Waals surface area contributed by atoms with Crippen molar-refractivity contribution in [1.82, 2.24) is 10.6 Å². The lowest BCUT2D eigenvalue weighted by atomic mass is 9.94. The number of carbonyl (C=O) groups is 2. The summed E-state index contributed by atoms with van der Waals surface area (Å²) in [6.45, 7) is 4.13. The number of rotatable bonds is 5. The van der Waals surface area contributed by atoms with Crippen LogP contribution in [-0.2, 0) is 4.79 Å². The maximum Gasteiger partial charge on any atom is 0.319 e. The van der Waals surface area contributed by atoms with Gasteiger partial charge in [0.1, 0.15) is 5.75 Å². The second-order valence-electron chi connectivity index (χ2n) is 6.15. The van der Waals surface area contributed by atoms with Crippen molar-refractivity contribution in [2.75, 3.05) is 11.9 Å². The van der Waals surface area contributed by atoms with Crippen LogP contribution in [0.15, 0.2) is 53.7 Å². The third-order valence-electron chi connectivity index (χ3n) is 4.21. The monoisotopic (exact) mass is 419 g/mol. The Bertz CT molecular complexity index is 942. The van der Waals surface area contributed by atoms with Crippen LogP contribution in [0.1, 0.15) is 25.5 Å².